The maximum atomic E-state index is 11.7. The quantitative estimate of drug-likeness (QED) is 0.617. The highest BCUT2D eigenvalue weighted by atomic mass is 16.6. The predicted octanol–water partition coefficient (Wildman–Crippen LogP) is 2.85. The van der Waals surface area contributed by atoms with Crippen molar-refractivity contribution in [2.75, 3.05) is 36.9 Å². The van der Waals surface area contributed by atoms with Gasteiger partial charge in [0.05, 0.1) is 12.7 Å². The fourth-order valence-corrected chi connectivity index (χ4v) is 2.54. The van der Waals surface area contributed by atoms with Gasteiger partial charge in [-0.1, -0.05) is 13.8 Å². The number of hydrogen-bond acceptors (Lipinski definition) is 7. The summed E-state index contributed by atoms with van der Waals surface area (Å²) in [5.74, 6) is 1.22. The molecule has 146 valence electrons. The molecule has 0 saturated heterocycles. The molecule has 0 unspecified atom stereocenters. The second-order valence-corrected chi connectivity index (χ2v) is 5.93. The van der Waals surface area contributed by atoms with Crippen LogP contribution in [0, 0.1) is 0 Å². The van der Waals surface area contributed by atoms with Crippen molar-refractivity contribution in [2.24, 2.45) is 0 Å². The number of anilines is 2. The van der Waals surface area contributed by atoms with Gasteiger partial charge in [0.1, 0.15) is 12.4 Å². The topological polar surface area (TPSA) is 103 Å². The summed E-state index contributed by atoms with van der Waals surface area (Å²) in [4.78, 5) is 22.0. The third-order valence-electron chi connectivity index (χ3n) is 3.62. The van der Waals surface area contributed by atoms with Crippen molar-refractivity contribution in [2.45, 2.75) is 26.7 Å². The van der Waals surface area contributed by atoms with Crippen molar-refractivity contribution >= 4 is 17.6 Å². The minimum absolute atomic E-state index is 0.250. The maximum absolute atomic E-state index is 11.7. The molecule has 0 aliphatic rings. The van der Waals surface area contributed by atoms with Crippen LogP contribution in [-0.4, -0.2) is 42.3 Å². The van der Waals surface area contributed by atoms with Gasteiger partial charge in [-0.3, -0.25) is 4.98 Å². The van der Waals surface area contributed by atoms with Crippen LogP contribution in [0.1, 0.15) is 26.7 Å². The molecular weight excluding hydrogens is 346 g/mol. The second kappa shape index (κ2) is 10.8. The summed E-state index contributed by atoms with van der Waals surface area (Å²) in [7, 11) is 0. The van der Waals surface area contributed by atoms with E-state index in [2.05, 4.69) is 34.0 Å². The van der Waals surface area contributed by atoms with Gasteiger partial charge in [-0.2, -0.15) is 4.98 Å². The first-order chi connectivity index (χ1) is 13.1. The number of nitrogens with zero attached hydrogens (tertiary/aromatic N) is 3. The number of ether oxygens (including phenoxy) is 2. The normalized spacial score (nSPS) is 10.3. The van der Waals surface area contributed by atoms with E-state index >= 15 is 0 Å². The Labute approximate surface area is 159 Å². The number of carbonyl (C=O) groups is 1. The number of nitrogen functional groups attached to an aromatic ring is 1. The second-order valence-electron chi connectivity index (χ2n) is 5.93. The van der Waals surface area contributed by atoms with Gasteiger partial charge in [0, 0.05) is 37.1 Å². The largest absolute Gasteiger partial charge is 0.476 e. The minimum Gasteiger partial charge on any atom is -0.476 e. The number of nitrogens with two attached hydrogens (primary N) is 1. The summed E-state index contributed by atoms with van der Waals surface area (Å²) >= 11 is 0. The SMILES string of the molecule is CCCN(CCC)c1cc(N)nc(OCCNC(=O)Oc2cccnc2)c1. The lowest BCUT2D eigenvalue weighted by molar-refractivity contribution is 0.196. The third kappa shape index (κ3) is 7.01. The van der Waals surface area contributed by atoms with Crippen molar-refractivity contribution in [3.63, 3.8) is 0 Å². The van der Waals surface area contributed by atoms with Crippen LogP contribution in [0.4, 0.5) is 16.3 Å². The summed E-state index contributed by atoms with van der Waals surface area (Å²) < 4.78 is 10.7. The van der Waals surface area contributed by atoms with E-state index in [1.165, 1.54) is 6.20 Å². The maximum Gasteiger partial charge on any atom is 0.412 e. The number of rotatable bonds is 10. The van der Waals surface area contributed by atoms with Gasteiger partial charge in [-0.15, -0.1) is 0 Å². The van der Waals surface area contributed by atoms with E-state index < -0.39 is 6.09 Å². The molecule has 2 aromatic heterocycles. The lowest BCUT2D eigenvalue weighted by atomic mass is 10.3. The number of hydrogen-bond donors (Lipinski definition) is 2. The van der Waals surface area contributed by atoms with Gasteiger partial charge < -0.3 is 25.4 Å². The van der Waals surface area contributed by atoms with Crippen LogP contribution in [0.2, 0.25) is 0 Å². The average Bonchev–Trinajstić information content (AvgIpc) is 2.65. The molecule has 27 heavy (non-hydrogen) atoms. The first kappa shape index (κ1) is 20.3. The summed E-state index contributed by atoms with van der Waals surface area (Å²) in [6, 6.07) is 7.06. The van der Waals surface area contributed by atoms with Gasteiger partial charge in [-0.25, -0.2) is 4.79 Å². The smallest absolute Gasteiger partial charge is 0.412 e. The summed E-state index contributed by atoms with van der Waals surface area (Å²) in [6.07, 6.45) is 4.59. The lowest BCUT2D eigenvalue weighted by Crippen LogP contribution is -2.30. The molecule has 0 aromatic carbocycles. The monoisotopic (exact) mass is 373 g/mol. The van der Waals surface area contributed by atoms with E-state index in [9.17, 15) is 4.79 Å². The zero-order valence-electron chi connectivity index (χ0n) is 15.9. The Bertz CT molecular complexity index is 706. The summed E-state index contributed by atoms with van der Waals surface area (Å²) in [6.45, 7) is 6.69. The zero-order valence-corrected chi connectivity index (χ0v) is 15.9. The average molecular weight is 373 g/mol. The van der Waals surface area contributed by atoms with Gasteiger partial charge >= 0.3 is 6.09 Å². The number of carbonyl (C=O) groups excluding carboxylic acids is 1. The fourth-order valence-electron chi connectivity index (χ4n) is 2.54. The summed E-state index contributed by atoms with van der Waals surface area (Å²) in [5.41, 5.74) is 6.91. The Hall–Kier alpha value is -3.03. The molecule has 8 heteroatoms. The lowest BCUT2D eigenvalue weighted by Gasteiger charge is -2.24. The van der Waals surface area contributed by atoms with E-state index in [0.717, 1.165) is 31.6 Å². The van der Waals surface area contributed by atoms with E-state index in [-0.39, 0.29) is 13.2 Å². The molecule has 0 radical (unpaired) electrons. The number of amides is 1. The molecule has 3 N–H and O–H groups in total. The Morgan fingerprint density at radius 3 is 2.70 bits per heavy atom. The Morgan fingerprint density at radius 2 is 2.04 bits per heavy atom. The van der Waals surface area contributed by atoms with Crippen LogP contribution in [0.5, 0.6) is 11.6 Å². The third-order valence-corrected chi connectivity index (χ3v) is 3.62. The van der Waals surface area contributed by atoms with Gasteiger partial charge in [0.2, 0.25) is 5.88 Å². The zero-order chi connectivity index (χ0) is 19.5. The highest BCUT2D eigenvalue weighted by molar-refractivity contribution is 5.70. The van der Waals surface area contributed by atoms with Crippen LogP contribution >= 0.6 is 0 Å². The van der Waals surface area contributed by atoms with E-state index in [1.807, 2.05) is 12.1 Å². The van der Waals surface area contributed by atoms with Crippen LogP contribution in [0.15, 0.2) is 36.7 Å². The van der Waals surface area contributed by atoms with Crippen molar-refractivity contribution in [1.29, 1.82) is 0 Å². The number of pyridine rings is 2. The molecule has 0 fully saturated rings. The van der Waals surface area contributed by atoms with E-state index in [4.69, 9.17) is 15.2 Å². The van der Waals surface area contributed by atoms with Gasteiger partial charge in [0.15, 0.2) is 5.75 Å². The Morgan fingerprint density at radius 1 is 1.26 bits per heavy atom. The molecule has 0 aliphatic carbocycles. The molecular formula is C19H27N5O3. The Kier molecular flexibility index (Phi) is 8.15. The summed E-state index contributed by atoms with van der Waals surface area (Å²) in [5, 5.41) is 2.61. The molecule has 0 atom stereocenters. The molecule has 2 aromatic rings. The van der Waals surface area contributed by atoms with Crippen LogP contribution in [0.3, 0.4) is 0 Å². The standard InChI is InChI=1S/C19H27N5O3/c1-3-9-24(10-4-2)15-12-17(20)23-18(13-15)26-11-8-22-19(25)27-16-6-5-7-21-14-16/h5-7,12-14H,3-4,8-11H2,1-2H3,(H2,20,23)(H,22,25). The van der Waals surface area contributed by atoms with Crippen molar-refractivity contribution in [1.82, 2.24) is 15.3 Å². The van der Waals surface area contributed by atoms with E-state index in [0.29, 0.717) is 17.4 Å². The highest BCUT2D eigenvalue weighted by Gasteiger charge is 2.09. The molecule has 2 heterocycles. The molecule has 8 nitrogen and oxygen atoms in total. The van der Waals surface area contributed by atoms with Gasteiger partial charge in [0.25, 0.3) is 0 Å². The highest BCUT2D eigenvalue weighted by Crippen LogP contribution is 2.23. The number of aromatic nitrogens is 2. The number of nitrogens with one attached hydrogen (secondary N) is 1. The molecule has 0 aliphatic heterocycles. The van der Waals surface area contributed by atoms with Crippen LogP contribution in [0.25, 0.3) is 0 Å². The first-order valence-electron chi connectivity index (χ1n) is 9.13. The van der Waals surface area contributed by atoms with Crippen LogP contribution in [-0.2, 0) is 0 Å². The molecule has 2 rings (SSSR count). The van der Waals surface area contributed by atoms with Crippen molar-refractivity contribution < 1.29 is 14.3 Å². The van der Waals surface area contributed by atoms with E-state index in [1.54, 1.807) is 18.3 Å². The van der Waals surface area contributed by atoms with Crippen LogP contribution < -0.4 is 25.4 Å². The van der Waals surface area contributed by atoms with Crippen molar-refractivity contribution in [3.05, 3.63) is 36.7 Å². The predicted molar refractivity (Wildman–Crippen MR) is 105 cm³/mol. The molecule has 0 spiro atoms. The van der Waals surface area contributed by atoms with Gasteiger partial charge in [-0.05, 0) is 25.0 Å². The molecule has 0 bridgehead atoms. The van der Waals surface area contributed by atoms with Crippen molar-refractivity contribution in [3.8, 4) is 11.6 Å². The molecule has 0 saturated carbocycles. The minimum atomic E-state index is -0.565. The fraction of sp³-hybridized carbons (Fsp3) is 0.421. The Balaban J connectivity index is 1.83. The molecule has 1 amide bonds. The first-order valence-corrected chi connectivity index (χ1v) is 9.13.